The molecule has 0 aliphatic rings. The molecule has 17 heavy (non-hydrogen) atoms. The van der Waals surface area contributed by atoms with Gasteiger partial charge in [0, 0.05) is 18.0 Å². The Kier molecular flexibility index (Phi) is 6.09. The maximum absolute atomic E-state index is 5.78. The fourth-order valence-electron chi connectivity index (χ4n) is 1.86. The molecule has 1 unspecified atom stereocenters. The van der Waals surface area contributed by atoms with Gasteiger partial charge in [-0.25, -0.2) is 4.98 Å². The zero-order valence-corrected chi connectivity index (χ0v) is 12.1. The summed E-state index contributed by atoms with van der Waals surface area (Å²) in [6.07, 6.45) is 2.29. The van der Waals surface area contributed by atoms with Gasteiger partial charge in [0.15, 0.2) is 0 Å². The molecule has 4 heteroatoms. The molecule has 1 atom stereocenters. The van der Waals surface area contributed by atoms with Crippen molar-refractivity contribution >= 4 is 11.3 Å². The van der Waals surface area contributed by atoms with Crippen LogP contribution in [0.5, 0.6) is 0 Å². The second-order valence-electron chi connectivity index (χ2n) is 4.45. The molecular formula is C13H24N2OS. The van der Waals surface area contributed by atoms with Gasteiger partial charge in [-0.05, 0) is 19.3 Å². The van der Waals surface area contributed by atoms with Gasteiger partial charge >= 0.3 is 0 Å². The minimum absolute atomic E-state index is 0.146. The Bertz CT molecular complexity index is 330. The van der Waals surface area contributed by atoms with Crippen molar-refractivity contribution in [2.24, 2.45) is 5.73 Å². The first-order valence-electron chi connectivity index (χ1n) is 6.45. The second-order valence-corrected chi connectivity index (χ2v) is 5.57. The fraction of sp³-hybridized carbons (Fsp3) is 0.769. The summed E-state index contributed by atoms with van der Waals surface area (Å²) in [7, 11) is 0. The molecule has 3 nitrogen and oxygen atoms in total. The lowest BCUT2D eigenvalue weighted by molar-refractivity contribution is 0.0554. The zero-order valence-electron chi connectivity index (χ0n) is 11.3. The topological polar surface area (TPSA) is 48.1 Å². The van der Waals surface area contributed by atoms with Crippen molar-refractivity contribution in [3.63, 3.8) is 0 Å². The highest BCUT2D eigenvalue weighted by Gasteiger charge is 2.19. The minimum Gasteiger partial charge on any atom is -0.371 e. The second kappa shape index (κ2) is 7.09. The van der Waals surface area contributed by atoms with E-state index >= 15 is 0 Å². The van der Waals surface area contributed by atoms with Crippen LogP contribution in [0, 0.1) is 0 Å². The highest BCUT2D eigenvalue weighted by atomic mass is 32.1. The average molecular weight is 256 g/mol. The summed E-state index contributed by atoms with van der Waals surface area (Å²) in [6.45, 7) is 9.84. The molecule has 0 saturated carbocycles. The van der Waals surface area contributed by atoms with E-state index in [4.69, 9.17) is 15.5 Å². The summed E-state index contributed by atoms with van der Waals surface area (Å²) in [5.74, 6) is 0.433. The smallest absolute Gasteiger partial charge is 0.122 e. The van der Waals surface area contributed by atoms with E-state index in [1.54, 1.807) is 11.3 Å². The zero-order chi connectivity index (χ0) is 12.8. The molecule has 0 radical (unpaired) electrons. The molecule has 2 N–H and O–H groups in total. The summed E-state index contributed by atoms with van der Waals surface area (Å²) in [6, 6.07) is 0. The van der Waals surface area contributed by atoms with E-state index in [0.29, 0.717) is 12.5 Å². The van der Waals surface area contributed by atoms with Gasteiger partial charge in [-0.2, -0.15) is 0 Å². The molecule has 0 saturated heterocycles. The first-order chi connectivity index (χ1) is 8.13. The van der Waals surface area contributed by atoms with Crippen molar-refractivity contribution in [3.8, 4) is 0 Å². The van der Waals surface area contributed by atoms with E-state index in [1.165, 1.54) is 4.88 Å². The standard InChI is InChI=1S/C13H24N2OS/c1-5-7-10(16-6-2)13-15-12(9(3)4)11(8-14)17-13/h9-10H,5-8,14H2,1-4H3. The third-order valence-electron chi connectivity index (χ3n) is 2.67. The average Bonchev–Trinajstić information content (AvgIpc) is 2.72. The Hall–Kier alpha value is -0.450. The Morgan fingerprint density at radius 2 is 2.06 bits per heavy atom. The Labute approximate surface area is 108 Å². The van der Waals surface area contributed by atoms with Crippen LogP contribution in [-0.2, 0) is 11.3 Å². The third-order valence-corrected chi connectivity index (χ3v) is 3.86. The van der Waals surface area contributed by atoms with Gasteiger partial charge in [0.05, 0.1) is 5.69 Å². The number of rotatable bonds is 7. The highest BCUT2D eigenvalue weighted by Crippen LogP contribution is 2.32. The molecule has 0 aromatic carbocycles. The monoisotopic (exact) mass is 256 g/mol. The molecule has 0 spiro atoms. The van der Waals surface area contributed by atoms with Crippen LogP contribution >= 0.6 is 11.3 Å². The summed E-state index contributed by atoms with van der Waals surface area (Å²) in [5, 5.41) is 1.10. The van der Waals surface area contributed by atoms with Crippen LogP contribution in [0.1, 0.15) is 68.1 Å². The third kappa shape index (κ3) is 3.76. The van der Waals surface area contributed by atoms with Gasteiger partial charge in [0.25, 0.3) is 0 Å². The first-order valence-corrected chi connectivity index (χ1v) is 7.26. The number of hydrogen-bond acceptors (Lipinski definition) is 4. The van der Waals surface area contributed by atoms with Crippen molar-refractivity contribution in [1.29, 1.82) is 0 Å². The molecule has 0 aliphatic heterocycles. The van der Waals surface area contributed by atoms with E-state index < -0.39 is 0 Å². The molecule has 1 heterocycles. The van der Waals surface area contributed by atoms with Crippen molar-refractivity contribution in [2.45, 2.75) is 59.1 Å². The van der Waals surface area contributed by atoms with Crippen molar-refractivity contribution in [2.75, 3.05) is 6.61 Å². The quantitative estimate of drug-likeness (QED) is 0.811. The van der Waals surface area contributed by atoms with E-state index in [0.717, 1.165) is 30.2 Å². The molecular weight excluding hydrogens is 232 g/mol. The normalized spacial score (nSPS) is 13.3. The van der Waals surface area contributed by atoms with E-state index in [-0.39, 0.29) is 6.10 Å². The summed E-state index contributed by atoms with van der Waals surface area (Å²) < 4.78 is 5.77. The van der Waals surface area contributed by atoms with Gasteiger partial charge in [0.1, 0.15) is 11.1 Å². The number of ether oxygens (including phenoxy) is 1. The molecule has 1 aromatic heterocycles. The molecule has 1 rings (SSSR count). The summed E-state index contributed by atoms with van der Waals surface area (Å²) in [5.41, 5.74) is 6.93. The van der Waals surface area contributed by atoms with Gasteiger partial charge in [-0.3, -0.25) is 0 Å². The van der Waals surface area contributed by atoms with Crippen LogP contribution in [0.2, 0.25) is 0 Å². The maximum Gasteiger partial charge on any atom is 0.122 e. The largest absolute Gasteiger partial charge is 0.371 e. The van der Waals surface area contributed by atoms with Crippen LogP contribution in [0.3, 0.4) is 0 Å². The molecule has 98 valence electrons. The predicted octanol–water partition coefficient (Wildman–Crippen LogP) is 3.60. The summed E-state index contributed by atoms with van der Waals surface area (Å²) >= 11 is 1.71. The van der Waals surface area contributed by atoms with Crippen molar-refractivity contribution < 1.29 is 4.74 Å². The van der Waals surface area contributed by atoms with Crippen molar-refractivity contribution in [3.05, 3.63) is 15.6 Å². The fourth-order valence-corrected chi connectivity index (χ4v) is 3.04. The van der Waals surface area contributed by atoms with Crippen LogP contribution in [0.25, 0.3) is 0 Å². The SMILES string of the molecule is CCCC(OCC)c1nc(C(C)C)c(CN)s1. The first kappa shape index (κ1) is 14.6. The molecule has 0 aliphatic carbocycles. The Morgan fingerprint density at radius 1 is 1.35 bits per heavy atom. The molecule has 0 amide bonds. The lowest BCUT2D eigenvalue weighted by Crippen LogP contribution is -2.04. The number of nitrogens with two attached hydrogens (primary N) is 1. The summed E-state index contributed by atoms with van der Waals surface area (Å²) in [4.78, 5) is 5.94. The number of aromatic nitrogens is 1. The van der Waals surface area contributed by atoms with Crippen LogP contribution < -0.4 is 5.73 Å². The number of nitrogens with zero attached hydrogens (tertiary/aromatic N) is 1. The number of thiazole rings is 1. The van der Waals surface area contributed by atoms with Crippen molar-refractivity contribution in [1.82, 2.24) is 4.98 Å². The lowest BCUT2D eigenvalue weighted by Gasteiger charge is -2.13. The minimum atomic E-state index is 0.146. The number of hydrogen-bond donors (Lipinski definition) is 1. The van der Waals surface area contributed by atoms with E-state index in [2.05, 4.69) is 20.8 Å². The predicted molar refractivity (Wildman–Crippen MR) is 73.4 cm³/mol. The molecule has 1 aromatic rings. The van der Waals surface area contributed by atoms with E-state index in [9.17, 15) is 0 Å². The molecule has 0 fully saturated rings. The van der Waals surface area contributed by atoms with Gasteiger partial charge in [-0.15, -0.1) is 11.3 Å². The van der Waals surface area contributed by atoms with Gasteiger partial charge in [0.2, 0.25) is 0 Å². The van der Waals surface area contributed by atoms with Gasteiger partial charge < -0.3 is 10.5 Å². The van der Waals surface area contributed by atoms with Crippen LogP contribution in [0.15, 0.2) is 0 Å². The van der Waals surface area contributed by atoms with Crippen LogP contribution in [-0.4, -0.2) is 11.6 Å². The van der Waals surface area contributed by atoms with Gasteiger partial charge in [-0.1, -0.05) is 27.2 Å². The highest BCUT2D eigenvalue weighted by molar-refractivity contribution is 7.11. The molecule has 0 bridgehead atoms. The van der Waals surface area contributed by atoms with E-state index in [1.807, 2.05) is 6.92 Å². The Morgan fingerprint density at radius 3 is 2.47 bits per heavy atom. The lowest BCUT2D eigenvalue weighted by atomic mass is 10.1. The Balaban J connectivity index is 2.95. The maximum atomic E-state index is 5.78. The van der Waals surface area contributed by atoms with Crippen LogP contribution in [0.4, 0.5) is 0 Å².